The highest BCUT2D eigenvalue weighted by Gasteiger charge is 2.33. The van der Waals surface area contributed by atoms with Gasteiger partial charge in [-0.25, -0.2) is 9.07 Å². The normalized spacial score (nSPS) is 18.3. The molecule has 9 heteroatoms. The van der Waals surface area contributed by atoms with Crippen LogP contribution in [0.15, 0.2) is 59.4 Å². The molecule has 0 saturated carbocycles. The van der Waals surface area contributed by atoms with E-state index in [0.29, 0.717) is 22.7 Å². The maximum atomic E-state index is 13.9. The van der Waals surface area contributed by atoms with Gasteiger partial charge in [0.05, 0.1) is 16.6 Å². The summed E-state index contributed by atoms with van der Waals surface area (Å²) in [5, 5.41) is 4.92. The monoisotopic (exact) mass is 454 g/mol. The summed E-state index contributed by atoms with van der Waals surface area (Å²) >= 11 is 1.31. The van der Waals surface area contributed by atoms with Crippen LogP contribution in [0.2, 0.25) is 0 Å². The first-order valence-electron chi connectivity index (χ1n) is 10.2. The first kappa shape index (κ1) is 21.9. The highest BCUT2D eigenvalue weighted by molar-refractivity contribution is 8.00. The minimum Gasteiger partial charge on any atom is -0.343 e. The van der Waals surface area contributed by atoms with Gasteiger partial charge in [0.2, 0.25) is 11.8 Å². The lowest BCUT2D eigenvalue weighted by Gasteiger charge is -2.28. The van der Waals surface area contributed by atoms with Gasteiger partial charge in [-0.05, 0) is 37.1 Å². The molecule has 7 nitrogen and oxygen atoms in total. The molecule has 0 unspecified atom stereocenters. The number of halogens is 1. The second-order valence-corrected chi connectivity index (χ2v) is 8.84. The number of rotatable bonds is 5. The van der Waals surface area contributed by atoms with E-state index in [0.717, 1.165) is 0 Å². The van der Waals surface area contributed by atoms with Gasteiger partial charge >= 0.3 is 0 Å². The Hall–Kier alpha value is -3.33. The summed E-state index contributed by atoms with van der Waals surface area (Å²) in [6.45, 7) is 1.75. The fraction of sp³-hybridized carbons (Fsp3) is 0.261. The van der Waals surface area contributed by atoms with E-state index in [9.17, 15) is 18.8 Å². The van der Waals surface area contributed by atoms with Gasteiger partial charge in [0.1, 0.15) is 17.5 Å². The maximum absolute atomic E-state index is 13.9. The molecule has 1 aliphatic heterocycles. The van der Waals surface area contributed by atoms with Crippen LogP contribution < -0.4 is 16.2 Å². The molecule has 166 valence electrons. The summed E-state index contributed by atoms with van der Waals surface area (Å²) in [6, 6.07) is 14.7. The summed E-state index contributed by atoms with van der Waals surface area (Å²) in [6.07, 6.45) is 0.247. The Labute approximate surface area is 188 Å². The number of nitrogens with zero attached hydrogens (tertiary/aromatic N) is 2. The Morgan fingerprint density at radius 2 is 1.84 bits per heavy atom. The van der Waals surface area contributed by atoms with Gasteiger partial charge in [-0.15, -0.1) is 11.8 Å². The molecule has 1 aromatic heterocycles. The van der Waals surface area contributed by atoms with Gasteiger partial charge < -0.3 is 10.6 Å². The van der Waals surface area contributed by atoms with Gasteiger partial charge in [-0.2, -0.15) is 0 Å². The summed E-state index contributed by atoms with van der Waals surface area (Å²) in [5.41, 5.74) is 1.57. The fourth-order valence-electron chi connectivity index (χ4n) is 3.67. The lowest BCUT2D eigenvalue weighted by atomic mass is 10.1. The van der Waals surface area contributed by atoms with Crippen LogP contribution in [0.3, 0.4) is 0 Å². The maximum Gasteiger partial charge on any atom is 0.295 e. The predicted octanol–water partition coefficient (Wildman–Crippen LogP) is 2.40. The Morgan fingerprint density at radius 3 is 2.53 bits per heavy atom. The first-order valence-corrected chi connectivity index (χ1v) is 11.2. The molecular weight excluding hydrogens is 431 g/mol. The van der Waals surface area contributed by atoms with E-state index in [1.807, 2.05) is 18.2 Å². The van der Waals surface area contributed by atoms with E-state index in [-0.39, 0.29) is 29.4 Å². The number of amides is 2. The third kappa shape index (κ3) is 4.20. The minimum atomic E-state index is -0.784. The minimum absolute atomic E-state index is 0.175. The summed E-state index contributed by atoms with van der Waals surface area (Å²) in [5.74, 6) is -0.803. The third-order valence-electron chi connectivity index (χ3n) is 5.56. The molecule has 0 spiro atoms. The number of carbonyl (C=O) groups excluding carboxylic acids is 2. The smallest absolute Gasteiger partial charge is 0.295 e. The number of nitrogens with one attached hydrogen (secondary N) is 2. The van der Waals surface area contributed by atoms with Crippen molar-refractivity contribution < 1.29 is 14.0 Å². The van der Waals surface area contributed by atoms with Crippen molar-refractivity contribution in [2.45, 2.75) is 24.6 Å². The Bertz CT molecular complexity index is 1220. The lowest BCUT2D eigenvalue weighted by molar-refractivity contribution is -0.126. The van der Waals surface area contributed by atoms with Crippen molar-refractivity contribution in [2.75, 3.05) is 11.1 Å². The van der Waals surface area contributed by atoms with Crippen LogP contribution >= 0.6 is 11.8 Å². The molecule has 4 rings (SSSR count). The van der Waals surface area contributed by atoms with Crippen molar-refractivity contribution >= 4 is 29.3 Å². The topological polar surface area (TPSA) is 85.1 Å². The number of thioether (sulfide) groups is 1. The number of hydrogen-bond donors (Lipinski definition) is 2. The molecule has 0 radical (unpaired) electrons. The zero-order chi connectivity index (χ0) is 22.8. The largest absolute Gasteiger partial charge is 0.343 e. The number of benzene rings is 2. The lowest BCUT2D eigenvalue weighted by Crippen LogP contribution is -2.53. The number of carbonyl (C=O) groups is 2. The van der Waals surface area contributed by atoms with Gasteiger partial charge in [-0.3, -0.25) is 19.1 Å². The highest BCUT2D eigenvalue weighted by atomic mass is 32.2. The molecule has 32 heavy (non-hydrogen) atoms. The van der Waals surface area contributed by atoms with Gasteiger partial charge in [-0.1, -0.05) is 36.4 Å². The average molecular weight is 455 g/mol. The second kappa shape index (κ2) is 9.04. The molecule has 0 bridgehead atoms. The van der Waals surface area contributed by atoms with Crippen LogP contribution in [-0.2, 0) is 23.1 Å². The fourth-order valence-corrected chi connectivity index (χ4v) is 4.85. The molecule has 1 aliphatic rings. The number of anilines is 1. The molecule has 0 aliphatic carbocycles. The van der Waals surface area contributed by atoms with E-state index in [4.69, 9.17) is 0 Å². The van der Waals surface area contributed by atoms with E-state index in [2.05, 4.69) is 10.6 Å². The quantitative estimate of drug-likeness (QED) is 0.620. The Kier molecular flexibility index (Phi) is 6.18. The molecule has 2 atom stereocenters. The zero-order valence-corrected chi connectivity index (χ0v) is 18.5. The highest BCUT2D eigenvalue weighted by Crippen LogP contribution is 2.24. The van der Waals surface area contributed by atoms with Crippen molar-refractivity contribution in [1.29, 1.82) is 0 Å². The van der Waals surface area contributed by atoms with Crippen molar-refractivity contribution in [1.82, 2.24) is 14.7 Å². The van der Waals surface area contributed by atoms with E-state index < -0.39 is 17.2 Å². The Morgan fingerprint density at radius 1 is 1.16 bits per heavy atom. The third-order valence-corrected chi connectivity index (χ3v) is 6.86. The number of aromatic nitrogens is 2. The van der Waals surface area contributed by atoms with E-state index in [1.165, 1.54) is 22.5 Å². The standard InChI is InChI=1S/C23H23FN4O3S/c1-14-20(23(31)28(27(14)2)16-9-4-3-5-10-16)26-21(29)18-13-32-19(22(30)25-18)12-15-8-6-7-11-17(15)24/h3-11,18-19H,12-13H2,1-2H3,(H,25,30)(H,26,29)/t18-,19+/m1/s1. The first-order chi connectivity index (χ1) is 15.4. The van der Waals surface area contributed by atoms with Gasteiger partial charge in [0.15, 0.2) is 0 Å². The molecule has 1 fully saturated rings. The van der Waals surface area contributed by atoms with Crippen molar-refractivity contribution in [3.8, 4) is 5.69 Å². The molecular formula is C23H23FN4O3S. The van der Waals surface area contributed by atoms with Crippen molar-refractivity contribution in [3.05, 3.63) is 82.0 Å². The number of para-hydroxylation sites is 1. The molecule has 2 heterocycles. The Balaban J connectivity index is 1.46. The van der Waals surface area contributed by atoms with Crippen LogP contribution in [0.25, 0.3) is 5.69 Å². The van der Waals surface area contributed by atoms with E-state index >= 15 is 0 Å². The van der Waals surface area contributed by atoms with Crippen LogP contribution in [0.5, 0.6) is 0 Å². The number of hydrogen-bond acceptors (Lipinski definition) is 4. The summed E-state index contributed by atoms with van der Waals surface area (Å²) in [4.78, 5) is 38.4. The predicted molar refractivity (Wildman–Crippen MR) is 123 cm³/mol. The van der Waals surface area contributed by atoms with Crippen molar-refractivity contribution in [3.63, 3.8) is 0 Å². The molecule has 2 amide bonds. The molecule has 2 aromatic carbocycles. The SMILES string of the molecule is Cc1c(NC(=O)[C@H]2CS[C@@H](Cc3ccccc3F)C(=O)N2)c(=O)n(-c2ccccc2)n1C. The van der Waals surface area contributed by atoms with Crippen LogP contribution in [0.1, 0.15) is 11.3 Å². The van der Waals surface area contributed by atoms with E-state index in [1.54, 1.807) is 49.0 Å². The average Bonchev–Trinajstić information content (AvgIpc) is 3.00. The van der Waals surface area contributed by atoms with Gasteiger partial charge in [0, 0.05) is 12.8 Å². The van der Waals surface area contributed by atoms with Crippen LogP contribution in [0, 0.1) is 12.7 Å². The second-order valence-electron chi connectivity index (χ2n) is 7.60. The van der Waals surface area contributed by atoms with Crippen LogP contribution in [-0.4, -0.2) is 38.2 Å². The van der Waals surface area contributed by atoms with Gasteiger partial charge in [0.25, 0.3) is 5.56 Å². The molecule has 3 aromatic rings. The van der Waals surface area contributed by atoms with Crippen molar-refractivity contribution in [2.24, 2.45) is 7.05 Å². The summed E-state index contributed by atoms with van der Waals surface area (Å²) < 4.78 is 17.1. The molecule has 2 N–H and O–H groups in total. The summed E-state index contributed by atoms with van der Waals surface area (Å²) in [7, 11) is 1.74. The molecule has 1 saturated heterocycles. The zero-order valence-electron chi connectivity index (χ0n) is 17.7. The van der Waals surface area contributed by atoms with Crippen LogP contribution in [0.4, 0.5) is 10.1 Å².